The molecule has 0 saturated heterocycles. The fraction of sp³-hybridized carbons (Fsp3) is 0. The highest BCUT2D eigenvalue weighted by Gasteiger charge is 2.05. The van der Waals surface area contributed by atoms with Gasteiger partial charge in [-0.05, 0) is 28.1 Å². The van der Waals surface area contributed by atoms with Gasteiger partial charge in [0.2, 0.25) is 5.11 Å². The maximum atomic E-state index is 5.05. The van der Waals surface area contributed by atoms with Crippen molar-refractivity contribution in [2.75, 3.05) is 5.32 Å². The van der Waals surface area contributed by atoms with Crippen molar-refractivity contribution < 1.29 is 4.98 Å². The zero-order valence-electron chi connectivity index (χ0n) is 5.97. The predicted molar refractivity (Wildman–Crippen MR) is 52.0 cm³/mol. The van der Waals surface area contributed by atoms with E-state index in [4.69, 9.17) is 18.1 Å². The number of aromatic nitrogens is 2. The van der Waals surface area contributed by atoms with Gasteiger partial charge in [0, 0.05) is 0 Å². The monoisotopic (exact) mass is 248 g/mol. The van der Waals surface area contributed by atoms with Gasteiger partial charge < -0.3 is 0 Å². The molecule has 5 nitrogen and oxygen atoms in total. The van der Waals surface area contributed by atoms with Crippen LogP contribution < -0.4 is 21.6 Å². The maximum absolute atomic E-state index is 5.05. The first-order valence-electron chi connectivity index (χ1n) is 3.03. The van der Waals surface area contributed by atoms with E-state index >= 15 is 0 Å². The van der Waals surface area contributed by atoms with E-state index < -0.39 is 0 Å². The summed E-state index contributed by atoms with van der Waals surface area (Å²) in [5.41, 5.74) is 2.28. The van der Waals surface area contributed by atoms with Crippen LogP contribution in [0.1, 0.15) is 0 Å². The number of nitrogens with two attached hydrogens (primary N) is 1. The highest BCUT2D eigenvalue weighted by Crippen LogP contribution is 2.02. The van der Waals surface area contributed by atoms with Crippen LogP contribution >= 0.6 is 28.1 Å². The predicted octanol–water partition coefficient (Wildman–Crippen LogP) is -0.182. The Morgan fingerprint density at radius 3 is 3.00 bits per heavy atom. The number of H-pyrrole nitrogens is 1. The summed E-state index contributed by atoms with van der Waals surface area (Å²) in [5, 5.41) is 3.03. The normalized spacial score (nSPS) is 9.17. The van der Waals surface area contributed by atoms with Crippen molar-refractivity contribution in [3.8, 4) is 0 Å². The summed E-state index contributed by atoms with van der Waals surface area (Å²) in [6.07, 6.45) is 3.37. The van der Waals surface area contributed by atoms with E-state index in [-0.39, 0.29) is 0 Å². The van der Waals surface area contributed by atoms with E-state index in [1.165, 1.54) is 0 Å². The number of rotatable bonds is 1. The van der Waals surface area contributed by atoms with Gasteiger partial charge >= 0.3 is 5.95 Å². The molecule has 0 amide bonds. The van der Waals surface area contributed by atoms with Crippen LogP contribution in [0.4, 0.5) is 5.95 Å². The molecule has 1 rings (SSSR count). The molecule has 5 N–H and O–H groups in total. The molecule has 0 saturated carbocycles. The van der Waals surface area contributed by atoms with Crippen molar-refractivity contribution in [1.29, 1.82) is 0 Å². The minimum absolute atomic E-state index is 0.307. The van der Waals surface area contributed by atoms with E-state index in [2.05, 4.69) is 36.6 Å². The maximum Gasteiger partial charge on any atom is 0.395 e. The lowest BCUT2D eigenvalue weighted by molar-refractivity contribution is -0.365. The molecule has 0 aliphatic carbocycles. The number of thiocarbonyl (C=S) groups is 1. The minimum atomic E-state index is 0.307. The molecule has 0 atom stereocenters. The summed E-state index contributed by atoms with van der Waals surface area (Å²) < 4.78 is 0.861. The van der Waals surface area contributed by atoms with Crippen LogP contribution in [0.15, 0.2) is 16.9 Å². The van der Waals surface area contributed by atoms with Gasteiger partial charge in [0.05, 0.1) is 10.7 Å². The van der Waals surface area contributed by atoms with Crippen LogP contribution in [0.25, 0.3) is 0 Å². The molecule has 1 heterocycles. The second kappa shape index (κ2) is 4.29. The smallest absolute Gasteiger partial charge is 0.288 e. The topological polar surface area (TPSA) is 77.1 Å². The number of aromatic amines is 1. The van der Waals surface area contributed by atoms with Gasteiger partial charge in [-0.25, -0.2) is 16.1 Å². The minimum Gasteiger partial charge on any atom is -0.288 e. The average molecular weight is 249 g/mol. The molecule has 1 aromatic heterocycles. The molecule has 0 unspecified atom stereocenters. The molecule has 1 aromatic rings. The van der Waals surface area contributed by atoms with Crippen LogP contribution in [0.5, 0.6) is 0 Å². The van der Waals surface area contributed by atoms with E-state index in [1.54, 1.807) is 12.4 Å². The Labute approximate surface area is 82.9 Å². The van der Waals surface area contributed by atoms with Gasteiger partial charge in [-0.3, -0.25) is 5.43 Å². The number of hydrazine groups is 1. The van der Waals surface area contributed by atoms with E-state index in [1.807, 2.05) is 0 Å². The van der Waals surface area contributed by atoms with Gasteiger partial charge in [-0.2, -0.15) is 0 Å². The fourth-order valence-corrected chi connectivity index (χ4v) is 0.864. The van der Waals surface area contributed by atoms with Crippen molar-refractivity contribution in [2.45, 2.75) is 0 Å². The summed E-state index contributed by atoms with van der Waals surface area (Å²) >= 11 is 7.99. The number of hydrogen-bond donors (Lipinski definition) is 3. The molecular formula is C5H7BrN5S+. The lowest BCUT2D eigenvalue weighted by atomic mass is 10.7. The third-order valence-corrected chi connectivity index (χ3v) is 1.68. The Morgan fingerprint density at radius 1 is 1.75 bits per heavy atom. The van der Waals surface area contributed by atoms with Gasteiger partial charge in [-0.1, -0.05) is 4.98 Å². The molecule has 0 radical (unpaired) electrons. The molecule has 0 fully saturated rings. The van der Waals surface area contributed by atoms with Gasteiger partial charge in [0.1, 0.15) is 6.20 Å². The molecule has 64 valence electrons. The van der Waals surface area contributed by atoms with Crippen molar-refractivity contribution in [3.63, 3.8) is 0 Å². The average Bonchev–Trinajstić information content (AvgIpc) is 2.09. The van der Waals surface area contributed by atoms with Crippen molar-refractivity contribution in [2.24, 2.45) is 5.84 Å². The second-order valence-electron chi connectivity index (χ2n) is 1.88. The first-order valence-corrected chi connectivity index (χ1v) is 4.23. The van der Waals surface area contributed by atoms with Crippen LogP contribution in [0.3, 0.4) is 0 Å². The number of anilines is 1. The van der Waals surface area contributed by atoms with Crippen molar-refractivity contribution in [3.05, 3.63) is 16.9 Å². The number of hydrogen-bond acceptors (Lipinski definition) is 3. The number of nitrogens with one attached hydrogen (secondary N) is 3. The summed E-state index contributed by atoms with van der Waals surface area (Å²) in [7, 11) is 0. The van der Waals surface area contributed by atoms with Crippen LogP contribution in [0.2, 0.25) is 0 Å². The SMILES string of the molecule is NNC(=S)Nc1ncc(Br)c[nH+]1. The molecule has 0 bridgehead atoms. The Bertz CT molecular complexity index is 274. The summed E-state index contributed by atoms with van der Waals surface area (Å²) in [6.45, 7) is 0. The molecule has 0 spiro atoms. The van der Waals surface area contributed by atoms with Gasteiger partial charge in [0.15, 0.2) is 0 Å². The van der Waals surface area contributed by atoms with E-state index in [0.717, 1.165) is 4.47 Å². The van der Waals surface area contributed by atoms with E-state index in [0.29, 0.717) is 11.1 Å². The Morgan fingerprint density at radius 2 is 2.50 bits per heavy atom. The number of nitrogens with zero attached hydrogens (tertiary/aromatic N) is 1. The highest BCUT2D eigenvalue weighted by molar-refractivity contribution is 9.10. The molecule has 0 aliphatic heterocycles. The molecule has 0 aliphatic rings. The standard InChI is InChI=1S/C5H6BrN5S/c6-3-1-8-4(9-2-3)10-5(12)11-7/h1-2H,7H2,(H2,8,9,10,11,12)/p+1. The lowest BCUT2D eigenvalue weighted by Gasteiger charge is -1.96. The first-order chi connectivity index (χ1) is 5.72. The van der Waals surface area contributed by atoms with Crippen molar-refractivity contribution in [1.82, 2.24) is 10.4 Å². The summed E-state index contributed by atoms with van der Waals surface area (Å²) in [4.78, 5) is 6.82. The summed E-state index contributed by atoms with van der Waals surface area (Å²) in [6, 6.07) is 0. The first kappa shape index (κ1) is 9.30. The largest absolute Gasteiger partial charge is 0.395 e. The molecule has 7 heteroatoms. The Hall–Kier alpha value is -0.790. The fourth-order valence-electron chi connectivity index (χ4n) is 0.550. The van der Waals surface area contributed by atoms with Crippen LogP contribution in [0, 0.1) is 0 Å². The quantitative estimate of drug-likeness (QED) is 0.365. The van der Waals surface area contributed by atoms with Crippen molar-refractivity contribution >= 4 is 39.2 Å². The lowest BCUT2D eigenvalue weighted by Crippen LogP contribution is -2.36. The van der Waals surface area contributed by atoms with Crippen LogP contribution in [-0.2, 0) is 0 Å². The Kier molecular flexibility index (Phi) is 3.32. The second-order valence-corrected chi connectivity index (χ2v) is 3.20. The highest BCUT2D eigenvalue weighted by atomic mass is 79.9. The zero-order valence-corrected chi connectivity index (χ0v) is 8.37. The van der Waals surface area contributed by atoms with Gasteiger partial charge in [0.25, 0.3) is 0 Å². The third kappa shape index (κ3) is 2.68. The molecular weight excluding hydrogens is 242 g/mol. The molecule has 12 heavy (non-hydrogen) atoms. The zero-order chi connectivity index (χ0) is 8.97. The molecule has 0 aromatic carbocycles. The van der Waals surface area contributed by atoms with E-state index in [9.17, 15) is 0 Å². The summed E-state index contributed by atoms with van der Waals surface area (Å²) in [5.74, 6) is 5.57. The van der Waals surface area contributed by atoms with Gasteiger partial charge in [-0.15, -0.1) is 0 Å². The number of halogens is 1. The van der Waals surface area contributed by atoms with Crippen LogP contribution in [-0.4, -0.2) is 10.1 Å². The Balaban J connectivity index is 2.64. The third-order valence-electron chi connectivity index (χ3n) is 1.03.